The van der Waals surface area contributed by atoms with Crippen molar-refractivity contribution in [2.45, 2.75) is 19.4 Å². The molecule has 1 aromatic rings. The Balaban J connectivity index is 2.18. The van der Waals surface area contributed by atoms with Gasteiger partial charge in [0.05, 0.1) is 6.61 Å². The lowest BCUT2D eigenvalue weighted by Gasteiger charge is -2.13. The smallest absolute Gasteiger partial charge is 0.315 e. The quantitative estimate of drug-likeness (QED) is 0.745. The summed E-state index contributed by atoms with van der Waals surface area (Å²) in [5, 5.41) is 7.64. The lowest BCUT2D eigenvalue weighted by molar-refractivity contribution is 0.195. The van der Waals surface area contributed by atoms with E-state index in [-0.39, 0.29) is 12.1 Å². The highest BCUT2D eigenvalue weighted by molar-refractivity contribution is 7.09. The fourth-order valence-corrected chi connectivity index (χ4v) is 2.16. The minimum atomic E-state index is -0.138. The number of methoxy groups -OCH3 is 1. The third-order valence-electron chi connectivity index (χ3n) is 2.06. The van der Waals surface area contributed by atoms with Gasteiger partial charge in [0.1, 0.15) is 0 Å². The van der Waals surface area contributed by atoms with Gasteiger partial charge < -0.3 is 15.4 Å². The Morgan fingerprint density at radius 3 is 3.06 bits per heavy atom. The highest BCUT2D eigenvalue weighted by Gasteiger charge is 2.07. The predicted octanol–water partition coefficient (Wildman–Crippen LogP) is 1.62. The number of nitrogens with one attached hydrogen (secondary N) is 2. The topological polar surface area (TPSA) is 50.4 Å². The average molecular weight is 242 g/mol. The van der Waals surface area contributed by atoms with Crippen molar-refractivity contribution in [1.29, 1.82) is 0 Å². The molecule has 4 nitrogen and oxygen atoms in total. The molecule has 1 aromatic heterocycles. The zero-order valence-electron chi connectivity index (χ0n) is 9.66. The number of rotatable bonds is 6. The number of amides is 2. The zero-order chi connectivity index (χ0) is 11.8. The van der Waals surface area contributed by atoms with Crippen molar-refractivity contribution in [2.75, 3.05) is 20.3 Å². The fraction of sp³-hybridized carbons (Fsp3) is 0.545. The molecule has 16 heavy (non-hydrogen) atoms. The molecule has 5 heteroatoms. The van der Waals surface area contributed by atoms with Crippen molar-refractivity contribution < 1.29 is 9.53 Å². The lowest BCUT2D eigenvalue weighted by Crippen LogP contribution is -2.42. The molecule has 1 atom stereocenters. The van der Waals surface area contributed by atoms with Gasteiger partial charge in [-0.2, -0.15) is 0 Å². The molecule has 1 rings (SSSR count). The summed E-state index contributed by atoms with van der Waals surface area (Å²) in [6.07, 6.45) is 0.870. The molecule has 0 aromatic carbocycles. The molecule has 0 unspecified atom stereocenters. The SMILES string of the molecule is COCCNC(=O)N[C@H](C)Cc1cccs1. The van der Waals surface area contributed by atoms with Crippen LogP contribution in [0.15, 0.2) is 17.5 Å². The summed E-state index contributed by atoms with van der Waals surface area (Å²) >= 11 is 1.71. The molecule has 0 aliphatic rings. The molecule has 2 N–H and O–H groups in total. The molecule has 0 aliphatic carbocycles. The summed E-state index contributed by atoms with van der Waals surface area (Å²) in [6.45, 7) is 3.07. The maximum Gasteiger partial charge on any atom is 0.315 e. The summed E-state index contributed by atoms with van der Waals surface area (Å²) in [7, 11) is 1.61. The highest BCUT2D eigenvalue weighted by atomic mass is 32.1. The number of carbonyl (C=O) groups is 1. The molecule has 0 saturated carbocycles. The van der Waals surface area contributed by atoms with Crippen LogP contribution in [0.1, 0.15) is 11.8 Å². The van der Waals surface area contributed by atoms with Crippen molar-refractivity contribution in [2.24, 2.45) is 0 Å². The summed E-state index contributed by atoms with van der Waals surface area (Å²) in [5.41, 5.74) is 0. The monoisotopic (exact) mass is 242 g/mol. The van der Waals surface area contributed by atoms with E-state index in [1.807, 2.05) is 18.4 Å². The third-order valence-corrected chi connectivity index (χ3v) is 2.96. The molecule has 0 saturated heterocycles. The normalized spacial score (nSPS) is 12.1. The summed E-state index contributed by atoms with van der Waals surface area (Å²) < 4.78 is 4.84. The van der Waals surface area contributed by atoms with Gasteiger partial charge in [-0.15, -0.1) is 11.3 Å². The second kappa shape index (κ2) is 7.24. The first-order chi connectivity index (χ1) is 7.72. The Morgan fingerprint density at radius 2 is 2.44 bits per heavy atom. The van der Waals surface area contributed by atoms with Crippen LogP contribution in [0.5, 0.6) is 0 Å². The molecule has 0 fully saturated rings. The van der Waals surface area contributed by atoms with E-state index in [2.05, 4.69) is 16.7 Å². The Bertz CT molecular complexity index is 301. The Labute approximate surface area is 100 Å². The first-order valence-corrected chi connectivity index (χ1v) is 6.16. The van der Waals surface area contributed by atoms with Crippen LogP contribution >= 0.6 is 11.3 Å². The van der Waals surface area contributed by atoms with Crippen LogP contribution in [0.25, 0.3) is 0 Å². The first-order valence-electron chi connectivity index (χ1n) is 5.28. The van der Waals surface area contributed by atoms with Gasteiger partial charge in [-0.05, 0) is 18.4 Å². The minimum absolute atomic E-state index is 0.138. The fourth-order valence-electron chi connectivity index (χ4n) is 1.32. The van der Waals surface area contributed by atoms with Gasteiger partial charge in [-0.25, -0.2) is 4.79 Å². The molecule has 0 bridgehead atoms. The number of carbonyl (C=O) groups excluding carboxylic acids is 1. The van der Waals surface area contributed by atoms with E-state index in [1.165, 1.54) is 4.88 Å². The second-order valence-corrected chi connectivity index (χ2v) is 4.61. The van der Waals surface area contributed by atoms with Crippen LogP contribution < -0.4 is 10.6 Å². The van der Waals surface area contributed by atoms with E-state index in [0.29, 0.717) is 13.2 Å². The zero-order valence-corrected chi connectivity index (χ0v) is 10.5. The third kappa shape index (κ3) is 5.14. The van der Waals surface area contributed by atoms with Crippen LogP contribution in [0.3, 0.4) is 0 Å². The van der Waals surface area contributed by atoms with Gasteiger partial charge in [0.2, 0.25) is 0 Å². The number of hydrogen-bond acceptors (Lipinski definition) is 3. The van der Waals surface area contributed by atoms with Gasteiger partial charge in [-0.3, -0.25) is 0 Å². The number of hydrogen-bond donors (Lipinski definition) is 2. The largest absolute Gasteiger partial charge is 0.383 e. The maximum absolute atomic E-state index is 11.4. The molecule has 2 amide bonds. The lowest BCUT2D eigenvalue weighted by atomic mass is 10.2. The van der Waals surface area contributed by atoms with Gasteiger partial charge in [-0.1, -0.05) is 6.07 Å². The van der Waals surface area contributed by atoms with Gasteiger partial charge in [0, 0.05) is 31.0 Å². The average Bonchev–Trinajstić information content (AvgIpc) is 2.70. The van der Waals surface area contributed by atoms with Crippen molar-refractivity contribution in [3.63, 3.8) is 0 Å². The van der Waals surface area contributed by atoms with Crippen molar-refractivity contribution in [3.8, 4) is 0 Å². The molecular formula is C11H18N2O2S. The highest BCUT2D eigenvalue weighted by Crippen LogP contribution is 2.10. The summed E-state index contributed by atoms with van der Waals surface area (Å²) in [4.78, 5) is 12.7. The van der Waals surface area contributed by atoms with Crippen LogP contribution in [0.4, 0.5) is 4.79 Å². The van der Waals surface area contributed by atoms with Crippen LogP contribution in [0.2, 0.25) is 0 Å². The Morgan fingerprint density at radius 1 is 1.62 bits per heavy atom. The molecule has 1 heterocycles. The van der Waals surface area contributed by atoms with Crippen LogP contribution in [0, 0.1) is 0 Å². The first kappa shape index (κ1) is 13.0. The van der Waals surface area contributed by atoms with E-state index in [0.717, 1.165) is 6.42 Å². The predicted molar refractivity (Wildman–Crippen MR) is 65.9 cm³/mol. The van der Waals surface area contributed by atoms with E-state index in [9.17, 15) is 4.79 Å². The molecule has 90 valence electrons. The second-order valence-electron chi connectivity index (χ2n) is 3.58. The number of thiophene rings is 1. The molecular weight excluding hydrogens is 224 g/mol. The molecule has 0 radical (unpaired) electrons. The molecule has 0 spiro atoms. The standard InChI is InChI=1S/C11H18N2O2S/c1-9(8-10-4-3-7-16-10)13-11(14)12-5-6-15-2/h3-4,7,9H,5-6,8H2,1-2H3,(H2,12,13,14)/t9-/m1/s1. The van der Waals surface area contributed by atoms with Gasteiger partial charge >= 0.3 is 6.03 Å². The van der Waals surface area contributed by atoms with Gasteiger partial charge in [0.15, 0.2) is 0 Å². The number of urea groups is 1. The number of ether oxygens (including phenoxy) is 1. The minimum Gasteiger partial charge on any atom is -0.383 e. The summed E-state index contributed by atoms with van der Waals surface area (Å²) in [5.74, 6) is 0. The van der Waals surface area contributed by atoms with Crippen molar-refractivity contribution in [3.05, 3.63) is 22.4 Å². The van der Waals surface area contributed by atoms with E-state index < -0.39 is 0 Å². The van der Waals surface area contributed by atoms with E-state index >= 15 is 0 Å². The van der Waals surface area contributed by atoms with Crippen LogP contribution in [-0.2, 0) is 11.2 Å². The summed E-state index contributed by atoms with van der Waals surface area (Å²) in [6, 6.07) is 4.10. The van der Waals surface area contributed by atoms with Crippen molar-refractivity contribution in [1.82, 2.24) is 10.6 Å². The maximum atomic E-state index is 11.4. The Hall–Kier alpha value is -1.07. The van der Waals surface area contributed by atoms with Gasteiger partial charge in [0.25, 0.3) is 0 Å². The Kier molecular flexibility index (Phi) is 5.88. The van der Waals surface area contributed by atoms with E-state index in [4.69, 9.17) is 4.74 Å². The molecule has 0 aliphatic heterocycles. The van der Waals surface area contributed by atoms with Crippen LogP contribution in [-0.4, -0.2) is 32.3 Å². The van der Waals surface area contributed by atoms with Crippen molar-refractivity contribution >= 4 is 17.4 Å². The van der Waals surface area contributed by atoms with E-state index in [1.54, 1.807) is 18.4 Å².